The number of halogens is 2. The lowest BCUT2D eigenvalue weighted by atomic mass is 9.91. The second kappa shape index (κ2) is 12.5. The summed E-state index contributed by atoms with van der Waals surface area (Å²) in [5.41, 5.74) is 7.52. The highest BCUT2D eigenvalue weighted by molar-refractivity contribution is 5.97. The van der Waals surface area contributed by atoms with Gasteiger partial charge in [-0.05, 0) is 49.4 Å². The topological polar surface area (TPSA) is 88.3 Å². The summed E-state index contributed by atoms with van der Waals surface area (Å²) in [7, 11) is 0. The van der Waals surface area contributed by atoms with Gasteiger partial charge in [-0.15, -0.1) is 24.8 Å². The fraction of sp³-hybridized carbons (Fsp3) is 0.409. The van der Waals surface area contributed by atoms with E-state index in [0.29, 0.717) is 31.0 Å². The molecule has 0 spiro atoms. The summed E-state index contributed by atoms with van der Waals surface area (Å²) < 4.78 is 0. The molecule has 1 aromatic heterocycles. The van der Waals surface area contributed by atoms with E-state index in [1.165, 1.54) is 0 Å². The average Bonchev–Trinajstić information content (AvgIpc) is 2.74. The summed E-state index contributed by atoms with van der Waals surface area (Å²) in [6.07, 6.45) is 5.80. The van der Waals surface area contributed by atoms with E-state index >= 15 is 0 Å². The number of benzene rings is 1. The predicted octanol–water partition coefficient (Wildman–Crippen LogP) is 2.85. The first kappa shape index (κ1) is 25.9. The number of hydrogen-bond acceptors (Lipinski definition) is 4. The van der Waals surface area contributed by atoms with Crippen molar-refractivity contribution in [2.24, 2.45) is 11.7 Å². The third-order valence-corrected chi connectivity index (χ3v) is 5.32. The van der Waals surface area contributed by atoms with E-state index in [4.69, 9.17) is 5.73 Å². The average molecular weight is 453 g/mol. The van der Waals surface area contributed by atoms with Gasteiger partial charge < -0.3 is 16.0 Å². The van der Waals surface area contributed by atoms with E-state index in [9.17, 15) is 9.59 Å². The van der Waals surface area contributed by atoms with Crippen LogP contribution in [0.4, 0.5) is 0 Å². The minimum Gasteiger partial charge on any atom is -0.341 e. The fourth-order valence-corrected chi connectivity index (χ4v) is 3.65. The van der Waals surface area contributed by atoms with Gasteiger partial charge in [-0.25, -0.2) is 0 Å². The molecule has 6 nitrogen and oxygen atoms in total. The summed E-state index contributed by atoms with van der Waals surface area (Å²) in [5.74, 6) is -0.0105. The zero-order chi connectivity index (χ0) is 19.9. The Balaban J connectivity index is 0.00000225. The highest BCUT2D eigenvalue weighted by Crippen LogP contribution is 2.20. The van der Waals surface area contributed by atoms with Crippen molar-refractivity contribution >= 4 is 36.6 Å². The van der Waals surface area contributed by atoms with E-state index in [2.05, 4.69) is 10.3 Å². The Kier molecular flexibility index (Phi) is 10.8. The van der Waals surface area contributed by atoms with E-state index in [1.54, 1.807) is 24.5 Å². The molecule has 2 amide bonds. The van der Waals surface area contributed by atoms with Crippen molar-refractivity contribution in [3.05, 3.63) is 66.0 Å². The summed E-state index contributed by atoms with van der Waals surface area (Å²) in [5, 5.41) is 2.93. The number of carbonyl (C=O) groups is 2. The van der Waals surface area contributed by atoms with Crippen molar-refractivity contribution in [3.8, 4) is 0 Å². The van der Waals surface area contributed by atoms with Crippen molar-refractivity contribution in [2.75, 3.05) is 13.1 Å². The minimum atomic E-state index is -0.635. The summed E-state index contributed by atoms with van der Waals surface area (Å²) in [6.45, 7) is 3.33. The van der Waals surface area contributed by atoms with Crippen LogP contribution in [0.25, 0.3) is 0 Å². The number of likely N-dealkylation sites (tertiary alicyclic amines) is 1. The van der Waals surface area contributed by atoms with Gasteiger partial charge in [0.15, 0.2) is 0 Å². The van der Waals surface area contributed by atoms with Crippen LogP contribution < -0.4 is 11.1 Å². The van der Waals surface area contributed by atoms with Gasteiger partial charge in [0.2, 0.25) is 5.91 Å². The Morgan fingerprint density at radius 1 is 1.20 bits per heavy atom. The maximum atomic E-state index is 13.3. The van der Waals surface area contributed by atoms with Gasteiger partial charge in [0, 0.05) is 43.5 Å². The Labute approximate surface area is 190 Å². The van der Waals surface area contributed by atoms with Crippen molar-refractivity contribution in [1.29, 1.82) is 0 Å². The number of nitrogens with zero attached hydrogens (tertiary/aromatic N) is 2. The second-order valence-corrected chi connectivity index (χ2v) is 7.50. The Hall–Kier alpha value is -2.15. The summed E-state index contributed by atoms with van der Waals surface area (Å²) in [6, 6.07) is 12.1. The third-order valence-electron chi connectivity index (χ3n) is 5.32. The van der Waals surface area contributed by atoms with Gasteiger partial charge in [-0.2, -0.15) is 0 Å². The number of rotatable bonds is 6. The normalized spacial score (nSPS) is 17.7. The molecule has 3 rings (SSSR count). The first-order chi connectivity index (χ1) is 13.5. The monoisotopic (exact) mass is 452 g/mol. The van der Waals surface area contributed by atoms with E-state index in [-0.39, 0.29) is 42.7 Å². The van der Waals surface area contributed by atoms with Crippen LogP contribution in [0.1, 0.15) is 35.7 Å². The second-order valence-electron chi connectivity index (χ2n) is 7.50. The number of amides is 2. The van der Waals surface area contributed by atoms with E-state index in [1.807, 2.05) is 42.2 Å². The number of pyridine rings is 1. The van der Waals surface area contributed by atoms with Crippen LogP contribution in [0.2, 0.25) is 0 Å². The number of nitrogens with two attached hydrogens (primary N) is 1. The predicted molar refractivity (Wildman–Crippen MR) is 123 cm³/mol. The number of piperidine rings is 1. The smallest absolute Gasteiger partial charge is 0.251 e. The lowest BCUT2D eigenvalue weighted by Gasteiger charge is -2.36. The molecule has 30 heavy (non-hydrogen) atoms. The Morgan fingerprint density at radius 3 is 2.57 bits per heavy atom. The number of carbonyl (C=O) groups excluding carboxylic acids is 2. The van der Waals surface area contributed by atoms with Crippen LogP contribution in [-0.2, 0) is 11.2 Å². The van der Waals surface area contributed by atoms with E-state index in [0.717, 1.165) is 18.4 Å². The quantitative estimate of drug-likeness (QED) is 0.704. The molecule has 3 unspecified atom stereocenters. The number of aromatic nitrogens is 1. The number of hydrogen-bond donors (Lipinski definition) is 2. The Bertz CT molecular complexity index is 790. The lowest BCUT2D eigenvalue weighted by Crippen LogP contribution is -2.53. The molecule has 3 atom stereocenters. The molecule has 1 fully saturated rings. The molecule has 2 aromatic rings. The molecular formula is C22H30Cl2N4O2. The fourth-order valence-electron chi connectivity index (χ4n) is 3.65. The molecule has 0 aliphatic carbocycles. The molecule has 0 radical (unpaired) electrons. The molecule has 1 aromatic carbocycles. The molecule has 1 aliphatic rings. The molecule has 2 heterocycles. The van der Waals surface area contributed by atoms with Crippen molar-refractivity contribution < 1.29 is 9.59 Å². The molecular weight excluding hydrogens is 423 g/mol. The van der Waals surface area contributed by atoms with Crippen LogP contribution in [0.15, 0.2) is 54.9 Å². The van der Waals surface area contributed by atoms with Crippen LogP contribution in [-0.4, -0.2) is 46.9 Å². The van der Waals surface area contributed by atoms with Gasteiger partial charge in [0.25, 0.3) is 5.91 Å². The SMILES string of the molecule is CC(N)C1CCCN(C(=O)C(Cc2cccnc2)NC(=O)c2ccccc2)C1.Cl.Cl. The van der Waals surface area contributed by atoms with Crippen LogP contribution in [0.5, 0.6) is 0 Å². The zero-order valence-electron chi connectivity index (χ0n) is 17.1. The van der Waals surface area contributed by atoms with Gasteiger partial charge in [-0.1, -0.05) is 24.3 Å². The molecule has 3 N–H and O–H groups in total. The van der Waals surface area contributed by atoms with Crippen molar-refractivity contribution in [3.63, 3.8) is 0 Å². The zero-order valence-corrected chi connectivity index (χ0v) is 18.7. The van der Waals surface area contributed by atoms with E-state index < -0.39 is 6.04 Å². The van der Waals surface area contributed by atoms with Crippen molar-refractivity contribution in [1.82, 2.24) is 15.2 Å². The van der Waals surface area contributed by atoms with Crippen LogP contribution in [0, 0.1) is 5.92 Å². The third kappa shape index (κ3) is 6.97. The highest BCUT2D eigenvalue weighted by atomic mass is 35.5. The minimum absolute atomic E-state index is 0. The first-order valence-corrected chi connectivity index (χ1v) is 9.84. The van der Waals surface area contributed by atoms with Crippen molar-refractivity contribution in [2.45, 2.75) is 38.3 Å². The summed E-state index contributed by atoms with van der Waals surface area (Å²) in [4.78, 5) is 32.0. The standard InChI is InChI=1S/C22H28N4O2.2ClH/c1-16(23)19-10-6-12-26(15-19)22(28)20(13-17-7-5-11-24-14-17)25-21(27)18-8-3-2-4-9-18;;/h2-5,7-9,11,14,16,19-20H,6,10,12-13,15,23H2,1H3,(H,25,27);2*1H. The van der Waals surface area contributed by atoms with Crippen LogP contribution >= 0.6 is 24.8 Å². The lowest BCUT2D eigenvalue weighted by molar-refractivity contribution is -0.135. The molecule has 0 saturated carbocycles. The molecule has 8 heteroatoms. The molecule has 0 bridgehead atoms. The first-order valence-electron chi connectivity index (χ1n) is 9.84. The van der Waals surface area contributed by atoms with Crippen LogP contribution in [0.3, 0.4) is 0 Å². The van der Waals surface area contributed by atoms with Gasteiger partial charge >= 0.3 is 0 Å². The molecule has 1 saturated heterocycles. The number of nitrogens with one attached hydrogen (secondary N) is 1. The maximum absolute atomic E-state index is 13.3. The largest absolute Gasteiger partial charge is 0.341 e. The maximum Gasteiger partial charge on any atom is 0.251 e. The van der Waals surface area contributed by atoms with Gasteiger partial charge in [-0.3, -0.25) is 14.6 Å². The van der Waals surface area contributed by atoms with Gasteiger partial charge in [0.05, 0.1) is 0 Å². The summed E-state index contributed by atoms with van der Waals surface area (Å²) >= 11 is 0. The molecule has 1 aliphatic heterocycles. The Morgan fingerprint density at radius 2 is 1.93 bits per heavy atom. The van der Waals surface area contributed by atoms with Gasteiger partial charge in [0.1, 0.15) is 6.04 Å². The molecule has 164 valence electrons. The highest BCUT2D eigenvalue weighted by Gasteiger charge is 2.31.